The number of rotatable bonds is 4. The van der Waals surface area contributed by atoms with Crippen LogP contribution in [0.1, 0.15) is 23.6 Å². The number of nitrogens with zero attached hydrogens (tertiary/aromatic N) is 4. The highest BCUT2D eigenvalue weighted by atomic mass is 16.2. The van der Waals surface area contributed by atoms with Crippen molar-refractivity contribution in [2.45, 2.75) is 25.3 Å². The molecule has 26 heavy (non-hydrogen) atoms. The maximum Gasteiger partial charge on any atom is 0.245 e. The minimum absolute atomic E-state index is 0.0482. The number of anilines is 1. The van der Waals surface area contributed by atoms with E-state index in [0.29, 0.717) is 18.4 Å². The van der Waals surface area contributed by atoms with E-state index in [1.54, 1.807) is 4.68 Å². The highest BCUT2D eigenvalue weighted by molar-refractivity contribution is 5.98. The SMILES string of the molecule is Cc1cc(N2CCC(N3C[C@@H](CN)[C@H](c4ccccc4)C3)C2=O)n(C)n1. The summed E-state index contributed by atoms with van der Waals surface area (Å²) < 4.78 is 1.80. The zero-order chi connectivity index (χ0) is 18.3. The Morgan fingerprint density at radius 2 is 2.00 bits per heavy atom. The maximum absolute atomic E-state index is 13.1. The fraction of sp³-hybridized carbons (Fsp3) is 0.500. The molecule has 3 heterocycles. The van der Waals surface area contributed by atoms with Gasteiger partial charge in [-0.2, -0.15) is 5.10 Å². The summed E-state index contributed by atoms with van der Waals surface area (Å²) in [7, 11) is 1.90. The van der Waals surface area contributed by atoms with Gasteiger partial charge < -0.3 is 5.73 Å². The van der Waals surface area contributed by atoms with Crippen LogP contribution in [0.25, 0.3) is 0 Å². The minimum Gasteiger partial charge on any atom is -0.330 e. The van der Waals surface area contributed by atoms with E-state index in [1.165, 1.54) is 5.56 Å². The first kappa shape index (κ1) is 17.2. The summed E-state index contributed by atoms with van der Waals surface area (Å²) >= 11 is 0. The van der Waals surface area contributed by atoms with E-state index in [2.05, 4.69) is 34.3 Å². The van der Waals surface area contributed by atoms with Gasteiger partial charge in [0.25, 0.3) is 0 Å². The lowest BCUT2D eigenvalue weighted by Gasteiger charge is -2.23. The van der Waals surface area contributed by atoms with E-state index in [-0.39, 0.29) is 11.9 Å². The third-order valence-corrected chi connectivity index (χ3v) is 5.87. The Morgan fingerprint density at radius 3 is 2.65 bits per heavy atom. The quantitative estimate of drug-likeness (QED) is 0.905. The molecule has 1 unspecified atom stereocenters. The van der Waals surface area contributed by atoms with Gasteiger partial charge in [-0.05, 0) is 31.4 Å². The van der Waals surface area contributed by atoms with Gasteiger partial charge in [0.05, 0.1) is 11.7 Å². The highest BCUT2D eigenvalue weighted by Crippen LogP contribution is 2.35. The van der Waals surface area contributed by atoms with Crippen molar-refractivity contribution in [1.29, 1.82) is 0 Å². The third-order valence-electron chi connectivity index (χ3n) is 5.87. The van der Waals surface area contributed by atoms with E-state index in [1.807, 2.05) is 31.0 Å². The van der Waals surface area contributed by atoms with Crippen LogP contribution in [0.3, 0.4) is 0 Å². The van der Waals surface area contributed by atoms with E-state index in [9.17, 15) is 4.79 Å². The molecule has 1 aromatic carbocycles. The molecule has 6 nitrogen and oxygen atoms in total. The van der Waals surface area contributed by atoms with Crippen molar-refractivity contribution in [1.82, 2.24) is 14.7 Å². The smallest absolute Gasteiger partial charge is 0.245 e. The van der Waals surface area contributed by atoms with Crippen LogP contribution in [0, 0.1) is 12.8 Å². The molecule has 2 N–H and O–H groups in total. The molecule has 1 amide bonds. The number of likely N-dealkylation sites (tertiary alicyclic amines) is 1. The zero-order valence-corrected chi connectivity index (χ0v) is 15.5. The summed E-state index contributed by atoms with van der Waals surface area (Å²) in [6, 6.07) is 12.5. The number of aryl methyl sites for hydroxylation is 2. The monoisotopic (exact) mass is 353 g/mol. The van der Waals surface area contributed by atoms with E-state index in [0.717, 1.165) is 37.6 Å². The van der Waals surface area contributed by atoms with E-state index >= 15 is 0 Å². The van der Waals surface area contributed by atoms with Gasteiger partial charge in [-0.25, -0.2) is 0 Å². The van der Waals surface area contributed by atoms with E-state index < -0.39 is 0 Å². The van der Waals surface area contributed by atoms with Crippen LogP contribution in [-0.4, -0.2) is 52.8 Å². The minimum atomic E-state index is -0.0482. The van der Waals surface area contributed by atoms with Crippen LogP contribution < -0.4 is 10.6 Å². The number of benzene rings is 1. The molecule has 2 aliphatic heterocycles. The second-order valence-electron chi connectivity index (χ2n) is 7.53. The predicted octanol–water partition coefficient (Wildman–Crippen LogP) is 1.51. The molecule has 3 atom stereocenters. The van der Waals surface area contributed by atoms with Gasteiger partial charge in [-0.15, -0.1) is 0 Å². The van der Waals surface area contributed by atoms with Crippen molar-refractivity contribution in [3.8, 4) is 0 Å². The first-order valence-electron chi connectivity index (χ1n) is 9.39. The molecular weight excluding hydrogens is 326 g/mol. The summed E-state index contributed by atoms with van der Waals surface area (Å²) in [5, 5.41) is 4.38. The third kappa shape index (κ3) is 2.93. The Bertz CT molecular complexity index is 787. The molecule has 1 aromatic heterocycles. The molecule has 0 radical (unpaired) electrons. The molecule has 2 saturated heterocycles. The molecule has 0 bridgehead atoms. The van der Waals surface area contributed by atoms with Crippen LogP contribution in [0.5, 0.6) is 0 Å². The lowest BCUT2D eigenvalue weighted by molar-refractivity contribution is -0.121. The van der Waals surface area contributed by atoms with Gasteiger partial charge in [0.15, 0.2) is 0 Å². The molecule has 0 spiro atoms. The van der Waals surface area contributed by atoms with Crippen LogP contribution in [0.15, 0.2) is 36.4 Å². The summed E-state index contributed by atoms with van der Waals surface area (Å²) in [6.45, 7) is 5.16. The highest BCUT2D eigenvalue weighted by Gasteiger charge is 2.43. The lowest BCUT2D eigenvalue weighted by Crippen LogP contribution is -2.41. The molecule has 2 aromatic rings. The summed E-state index contributed by atoms with van der Waals surface area (Å²) in [4.78, 5) is 17.3. The Kier molecular flexibility index (Phi) is 4.54. The number of carbonyl (C=O) groups is 1. The summed E-state index contributed by atoms with van der Waals surface area (Å²) in [6.07, 6.45) is 0.863. The van der Waals surface area contributed by atoms with Gasteiger partial charge in [-0.3, -0.25) is 19.3 Å². The fourth-order valence-corrected chi connectivity index (χ4v) is 4.56. The average Bonchev–Trinajstić information content (AvgIpc) is 3.32. The first-order chi connectivity index (χ1) is 12.6. The Hall–Kier alpha value is -2.18. The number of nitrogens with two attached hydrogens (primary N) is 1. The number of amides is 1. The predicted molar refractivity (Wildman–Crippen MR) is 102 cm³/mol. The standard InChI is InChI=1S/C20H27N5O/c1-14-10-19(23(2)22-14)25-9-8-18(20(25)26)24-12-16(11-21)17(13-24)15-6-4-3-5-7-15/h3-7,10,16-18H,8-9,11-13,21H2,1-2H3/t16-,17+,18?/m1/s1. The normalized spacial score (nSPS) is 26.8. The Labute approximate surface area is 154 Å². The van der Waals surface area contributed by atoms with Gasteiger partial charge >= 0.3 is 0 Å². The van der Waals surface area contributed by atoms with Crippen molar-refractivity contribution in [2.75, 3.05) is 31.1 Å². The average molecular weight is 353 g/mol. The number of hydrogen-bond acceptors (Lipinski definition) is 4. The Morgan fingerprint density at radius 1 is 1.23 bits per heavy atom. The number of hydrogen-bond donors (Lipinski definition) is 1. The van der Waals surface area contributed by atoms with Crippen LogP contribution in [-0.2, 0) is 11.8 Å². The largest absolute Gasteiger partial charge is 0.330 e. The van der Waals surface area contributed by atoms with Crippen LogP contribution in [0.2, 0.25) is 0 Å². The second kappa shape index (κ2) is 6.85. The van der Waals surface area contributed by atoms with Crippen molar-refractivity contribution in [3.63, 3.8) is 0 Å². The van der Waals surface area contributed by atoms with Gasteiger partial charge in [0.1, 0.15) is 5.82 Å². The van der Waals surface area contributed by atoms with Crippen molar-refractivity contribution >= 4 is 11.7 Å². The Balaban J connectivity index is 1.52. The molecule has 6 heteroatoms. The molecule has 138 valence electrons. The fourth-order valence-electron chi connectivity index (χ4n) is 4.56. The number of aromatic nitrogens is 2. The molecule has 4 rings (SSSR count). The molecule has 2 fully saturated rings. The van der Waals surface area contributed by atoms with Crippen molar-refractivity contribution in [3.05, 3.63) is 47.7 Å². The second-order valence-corrected chi connectivity index (χ2v) is 7.53. The first-order valence-corrected chi connectivity index (χ1v) is 9.39. The molecule has 0 saturated carbocycles. The van der Waals surface area contributed by atoms with Crippen molar-refractivity contribution in [2.24, 2.45) is 18.7 Å². The van der Waals surface area contributed by atoms with Gasteiger partial charge in [0, 0.05) is 38.7 Å². The van der Waals surface area contributed by atoms with Gasteiger partial charge in [0.2, 0.25) is 5.91 Å². The lowest BCUT2D eigenvalue weighted by atomic mass is 9.89. The summed E-state index contributed by atoms with van der Waals surface area (Å²) in [5.41, 5.74) is 8.33. The maximum atomic E-state index is 13.1. The molecule has 2 aliphatic rings. The number of carbonyl (C=O) groups excluding carboxylic acids is 1. The van der Waals surface area contributed by atoms with Crippen molar-refractivity contribution < 1.29 is 4.79 Å². The topological polar surface area (TPSA) is 67.4 Å². The summed E-state index contributed by atoms with van der Waals surface area (Å²) in [5.74, 6) is 1.89. The van der Waals surface area contributed by atoms with Crippen LogP contribution >= 0.6 is 0 Å². The van der Waals surface area contributed by atoms with Gasteiger partial charge in [-0.1, -0.05) is 30.3 Å². The molecular formula is C20H27N5O. The molecule has 0 aliphatic carbocycles. The van der Waals surface area contributed by atoms with Crippen LogP contribution in [0.4, 0.5) is 5.82 Å². The zero-order valence-electron chi connectivity index (χ0n) is 15.5. The van der Waals surface area contributed by atoms with E-state index in [4.69, 9.17) is 5.73 Å².